The van der Waals surface area contributed by atoms with Crippen molar-refractivity contribution in [2.45, 2.75) is 32.7 Å². The molecule has 3 heteroatoms. The SMILES string of the molecule is Cc1nccnc1NC1CCC1C. The highest BCUT2D eigenvalue weighted by Crippen LogP contribution is 2.29. The predicted molar refractivity (Wildman–Crippen MR) is 52.6 cm³/mol. The van der Waals surface area contributed by atoms with E-state index in [0.717, 1.165) is 17.4 Å². The molecule has 2 atom stereocenters. The number of aryl methyl sites for hydroxylation is 1. The first-order valence-electron chi connectivity index (χ1n) is 4.81. The van der Waals surface area contributed by atoms with Crippen LogP contribution in [0.1, 0.15) is 25.5 Å². The van der Waals surface area contributed by atoms with Crippen molar-refractivity contribution in [1.82, 2.24) is 9.97 Å². The van der Waals surface area contributed by atoms with Gasteiger partial charge in [-0.2, -0.15) is 0 Å². The molecule has 0 spiro atoms. The molecule has 1 aromatic rings. The Labute approximate surface area is 78.6 Å². The van der Waals surface area contributed by atoms with Crippen molar-refractivity contribution >= 4 is 5.82 Å². The third-order valence-corrected chi connectivity index (χ3v) is 2.82. The van der Waals surface area contributed by atoms with Crippen molar-refractivity contribution < 1.29 is 0 Å². The largest absolute Gasteiger partial charge is 0.366 e. The van der Waals surface area contributed by atoms with Crippen molar-refractivity contribution in [2.24, 2.45) is 5.92 Å². The van der Waals surface area contributed by atoms with E-state index >= 15 is 0 Å². The second-order valence-corrected chi connectivity index (χ2v) is 3.80. The van der Waals surface area contributed by atoms with Crippen molar-refractivity contribution in [3.63, 3.8) is 0 Å². The first-order valence-corrected chi connectivity index (χ1v) is 4.81. The number of nitrogens with one attached hydrogen (secondary N) is 1. The minimum Gasteiger partial charge on any atom is -0.366 e. The summed E-state index contributed by atoms with van der Waals surface area (Å²) in [6.07, 6.45) is 6.05. The summed E-state index contributed by atoms with van der Waals surface area (Å²) in [5, 5.41) is 3.42. The first-order chi connectivity index (χ1) is 6.27. The van der Waals surface area contributed by atoms with Crippen LogP contribution in [0.3, 0.4) is 0 Å². The average Bonchev–Trinajstić information content (AvgIpc) is 2.14. The van der Waals surface area contributed by atoms with E-state index in [4.69, 9.17) is 0 Å². The van der Waals surface area contributed by atoms with E-state index in [-0.39, 0.29) is 0 Å². The second kappa shape index (κ2) is 3.32. The van der Waals surface area contributed by atoms with Crippen LogP contribution >= 0.6 is 0 Å². The van der Waals surface area contributed by atoms with Gasteiger partial charge in [0.1, 0.15) is 5.82 Å². The maximum absolute atomic E-state index is 4.26. The van der Waals surface area contributed by atoms with Crippen LogP contribution in [-0.4, -0.2) is 16.0 Å². The van der Waals surface area contributed by atoms with Crippen molar-refractivity contribution in [3.8, 4) is 0 Å². The second-order valence-electron chi connectivity index (χ2n) is 3.80. The van der Waals surface area contributed by atoms with Crippen LogP contribution in [0.4, 0.5) is 5.82 Å². The van der Waals surface area contributed by atoms with Crippen LogP contribution in [0.5, 0.6) is 0 Å². The molecule has 1 heterocycles. The molecule has 0 radical (unpaired) electrons. The number of anilines is 1. The van der Waals surface area contributed by atoms with Crippen LogP contribution in [0.15, 0.2) is 12.4 Å². The number of hydrogen-bond donors (Lipinski definition) is 1. The molecule has 0 bridgehead atoms. The third-order valence-electron chi connectivity index (χ3n) is 2.82. The molecule has 0 saturated heterocycles. The van der Waals surface area contributed by atoms with Crippen molar-refractivity contribution in [2.75, 3.05) is 5.32 Å². The van der Waals surface area contributed by atoms with Gasteiger partial charge in [-0.25, -0.2) is 4.98 Å². The molecule has 2 rings (SSSR count). The zero-order valence-corrected chi connectivity index (χ0v) is 8.12. The lowest BCUT2D eigenvalue weighted by atomic mass is 9.81. The topological polar surface area (TPSA) is 37.8 Å². The van der Waals surface area contributed by atoms with Gasteiger partial charge in [0, 0.05) is 18.4 Å². The summed E-state index contributed by atoms with van der Waals surface area (Å²) in [5.41, 5.74) is 0.988. The molecule has 1 fully saturated rings. The molecule has 0 aliphatic heterocycles. The number of aromatic nitrogens is 2. The molecule has 13 heavy (non-hydrogen) atoms. The van der Waals surface area contributed by atoms with Gasteiger partial charge in [0.05, 0.1) is 5.69 Å². The Balaban J connectivity index is 2.05. The van der Waals surface area contributed by atoms with E-state index in [2.05, 4.69) is 22.2 Å². The summed E-state index contributed by atoms with van der Waals surface area (Å²) in [6.45, 7) is 4.26. The highest BCUT2D eigenvalue weighted by atomic mass is 15.0. The molecule has 1 N–H and O–H groups in total. The monoisotopic (exact) mass is 177 g/mol. The van der Waals surface area contributed by atoms with Gasteiger partial charge in [-0.05, 0) is 25.7 Å². The molecular weight excluding hydrogens is 162 g/mol. The fourth-order valence-corrected chi connectivity index (χ4v) is 1.61. The zero-order valence-electron chi connectivity index (χ0n) is 8.12. The van der Waals surface area contributed by atoms with E-state index in [1.54, 1.807) is 12.4 Å². The quantitative estimate of drug-likeness (QED) is 0.750. The lowest BCUT2D eigenvalue weighted by Crippen LogP contribution is -2.36. The van der Waals surface area contributed by atoms with Crippen LogP contribution in [0.2, 0.25) is 0 Å². The Bertz CT molecular complexity index is 298. The molecule has 1 saturated carbocycles. The maximum atomic E-state index is 4.26. The predicted octanol–water partition coefficient (Wildman–Crippen LogP) is 2.00. The normalized spacial score (nSPS) is 26.6. The van der Waals surface area contributed by atoms with Gasteiger partial charge in [0.25, 0.3) is 0 Å². The van der Waals surface area contributed by atoms with E-state index in [0.29, 0.717) is 6.04 Å². The van der Waals surface area contributed by atoms with E-state index in [1.807, 2.05) is 6.92 Å². The van der Waals surface area contributed by atoms with E-state index < -0.39 is 0 Å². The summed E-state index contributed by atoms with van der Waals surface area (Å²) in [4.78, 5) is 8.45. The number of rotatable bonds is 2. The molecular formula is C10H15N3. The van der Waals surface area contributed by atoms with Crippen LogP contribution in [0.25, 0.3) is 0 Å². The molecule has 1 aliphatic carbocycles. The maximum Gasteiger partial charge on any atom is 0.147 e. The summed E-state index contributed by atoms with van der Waals surface area (Å²) < 4.78 is 0. The van der Waals surface area contributed by atoms with Gasteiger partial charge >= 0.3 is 0 Å². The van der Waals surface area contributed by atoms with Crippen LogP contribution < -0.4 is 5.32 Å². The Morgan fingerprint density at radius 1 is 1.31 bits per heavy atom. The molecule has 0 amide bonds. The van der Waals surface area contributed by atoms with Gasteiger partial charge in [-0.1, -0.05) is 6.92 Å². The van der Waals surface area contributed by atoms with Gasteiger partial charge in [-0.3, -0.25) is 4.98 Å². The number of hydrogen-bond acceptors (Lipinski definition) is 3. The van der Waals surface area contributed by atoms with Gasteiger partial charge in [0.2, 0.25) is 0 Å². The minimum atomic E-state index is 0.607. The fraction of sp³-hybridized carbons (Fsp3) is 0.600. The molecule has 3 nitrogen and oxygen atoms in total. The highest BCUT2D eigenvalue weighted by Gasteiger charge is 2.26. The third kappa shape index (κ3) is 1.64. The Kier molecular flexibility index (Phi) is 2.17. The lowest BCUT2D eigenvalue weighted by molar-refractivity contribution is 0.303. The standard InChI is InChI=1S/C10H15N3/c1-7-3-4-9(7)13-10-8(2)11-5-6-12-10/h5-7,9H,3-4H2,1-2H3,(H,12,13). The summed E-state index contributed by atoms with van der Waals surface area (Å²) >= 11 is 0. The molecule has 1 aromatic heterocycles. The zero-order chi connectivity index (χ0) is 9.26. The minimum absolute atomic E-state index is 0.607. The molecule has 0 aromatic carbocycles. The molecule has 70 valence electrons. The molecule has 2 unspecified atom stereocenters. The fourth-order valence-electron chi connectivity index (χ4n) is 1.61. The Morgan fingerprint density at radius 3 is 2.62 bits per heavy atom. The number of nitrogens with zero attached hydrogens (tertiary/aromatic N) is 2. The van der Waals surface area contributed by atoms with Gasteiger partial charge < -0.3 is 5.32 Å². The van der Waals surface area contributed by atoms with E-state index in [1.165, 1.54) is 12.8 Å². The van der Waals surface area contributed by atoms with Crippen LogP contribution in [0, 0.1) is 12.8 Å². The Hall–Kier alpha value is -1.12. The Morgan fingerprint density at radius 2 is 2.08 bits per heavy atom. The van der Waals surface area contributed by atoms with Gasteiger partial charge in [0.15, 0.2) is 0 Å². The lowest BCUT2D eigenvalue weighted by Gasteiger charge is -2.35. The summed E-state index contributed by atoms with van der Waals surface area (Å²) in [7, 11) is 0. The van der Waals surface area contributed by atoms with E-state index in [9.17, 15) is 0 Å². The summed E-state index contributed by atoms with van der Waals surface area (Å²) in [6, 6.07) is 0.607. The van der Waals surface area contributed by atoms with Crippen LogP contribution in [-0.2, 0) is 0 Å². The van der Waals surface area contributed by atoms with Crippen molar-refractivity contribution in [3.05, 3.63) is 18.1 Å². The highest BCUT2D eigenvalue weighted by molar-refractivity contribution is 5.40. The smallest absolute Gasteiger partial charge is 0.147 e. The molecule has 1 aliphatic rings. The first kappa shape index (κ1) is 8.48. The average molecular weight is 177 g/mol. The summed E-state index contributed by atoms with van der Waals surface area (Å²) in [5.74, 6) is 1.72. The van der Waals surface area contributed by atoms with Gasteiger partial charge in [-0.15, -0.1) is 0 Å². The van der Waals surface area contributed by atoms with Crippen molar-refractivity contribution in [1.29, 1.82) is 0 Å².